The zero-order valence-electron chi connectivity index (χ0n) is 10.3. The molecule has 2 rings (SSSR count). The highest BCUT2D eigenvalue weighted by Crippen LogP contribution is 2.22. The van der Waals surface area contributed by atoms with Crippen LogP contribution in [0.3, 0.4) is 0 Å². The summed E-state index contributed by atoms with van der Waals surface area (Å²) < 4.78 is 2.76. The Morgan fingerprint density at radius 2 is 2.28 bits per heavy atom. The predicted octanol–water partition coefficient (Wildman–Crippen LogP) is 3.00. The monoisotopic (exact) mass is 307 g/mol. The highest BCUT2D eigenvalue weighted by Gasteiger charge is 2.11. The molecule has 0 bridgehead atoms. The van der Waals surface area contributed by atoms with Crippen LogP contribution in [0.15, 0.2) is 35.2 Å². The van der Waals surface area contributed by atoms with Gasteiger partial charge in [0.1, 0.15) is 5.69 Å². The number of rotatable bonds is 3. The van der Waals surface area contributed by atoms with Gasteiger partial charge in [0.15, 0.2) is 0 Å². The van der Waals surface area contributed by atoms with Crippen LogP contribution in [-0.2, 0) is 13.5 Å². The van der Waals surface area contributed by atoms with Gasteiger partial charge in [-0.15, -0.1) is 0 Å². The number of carbonyl (C=O) groups is 1. The Hall–Kier alpha value is -1.62. The number of hydrogen-bond donors (Lipinski definition) is 1. The summed E-state index contributed by atoms with van der Waals surface area (Å²) in [4.78, 5) is 16.0. The molecule has 0 aliphatic carbocycles. The second-order valence-electron chi connectivity index (χ2n) is 4.03. The van der Waals surface area contributed by atoms with E-state index in [0.29, 0.717) is 5.69 Å². The molecule has 0 saturated carbocycles. The van der Waals surface area contributed by atoms with E-state index in [1.54, 1.807) is 17.1 Å². The molecule has 94 valence electrons. The van der Waals surface area contributed by atoms with E-state index >= 15 is 0 Å². The molecular weight excluding hydrogens is 294 g/mol. The minimum absolute atomic E-state index is 0.187. The lowest BCUT2D eigenvalue weighted by Gasteiger charge is -2.09. The number of imidazole rings is 1. The van der Waals surface area contributed by atoms with Gasteiger partial charge in [0, 0.05) is 23.4 Å². The largest absolute Gasteiger partial charge is 0.340 e. The highest BCUT2D eigenvalue weighted by atomic mass is 79.9. The molecule has 2 aromatic rings. The summed E-state index contributed by atoms with van der Waals surface area (Å²) in [5.41, 5.74) is 2.34. The van der Waals surface area contributed by atoms with Crippen LogP contribution in [0.4, 0.5) is 5.69 Å². The maximum absolute atomic E-state index is 12.0. The fraction of sp³-hybridized carbons (Fsp3) is 0.231. The van der Waals surface area contributed by atoms with Crippen molar-refractivity contribution in [1.82, 2.24) is 9.55 Å². The van der Waals surface area contributed by atoms with Gasteiger partial charge in [0.25, 0.3) is 5.91 Å². The molecule has 0 saturated heterocycles. The van der Waals surface area contributed by atoms with E-state index in [1.807, 2.05) is 25.2 Å². The molecule has 0 unspecified atom stereocenters. The molecule has 18 heavy (non-hydrogen) atoms. The van der Waals surface area contributed by atoms with E-state index in [2.05, 4.69) is 33.2 Å². The second-order valence-corrected chi connectivity index (χ2v) is 4.95. The van der Waals surface area contributed by atoms with Crippen molar-refractivity contribution in [2.75, 3.05) is 5.32 Å². The van der Waals surface area contributed by atoms with Gasteiger partial charge in [-0.05, 0) is 30.2 Å². The SMILES string of the molecule is CCc1cc(Br)ccc1NC(=O)c1cn(C)cn1. The van der Waals surface area contributed by atoms with Crippen molar-refractivity contribution >= 4 is 27.5 Å². The smallest absolute Gasteiger partial charge is 0.275 e. The molecule has 1 aromatic heterocycles. The summed E-state index contributed by atoms with van der Waals surface area (Å²) in [6.07, 6.45) is 4.16. The van der Waals surface area contributed by atoms with Crippen molar-refractivity contribution in [2.45, 2.75) is 13.3 Å². The molecule has 0 aliphatic heterocycles. The van der Waals surface area contributed by atoms with Crippen LogP contribution in [0.2, 0.25) is 0 Å². The standard InChI is InChI=1S/C13H14BrN3O/c1-3-9-6-10(14)4-5-11(9)16-13(18)12-7-17(2)8-15-12/h4-8H,3H2,1-2H3,(H,16,18). The molecule has 0 radical (unpaired) electrons. The Bertz CT molecular complexity index is 577. The van der Waals surface area contributed by atoms with E-state index in [9.17, 15) is 4.79 Å². The van der Waals surface area contributed by atoms with Gasteiger partial charge in [-0.1, -0.05) is 22.9 Å². The highest BCUT2D eigenvalue weighted by molar-refractivity contribution is 9.10. The van der Waals surface area contributed by atoms with E-state index in [-0.39, 0.29) is 5.91 Å². The number of aryl methyl sites for hydroxylation is 2. The molecule has 5 heteroatoms. The van der Waals surface area contributed by atoms with Crippen LogP contribution in [0.25, 0.3) is 0 Å². The third-order valence-electron chi connectivity index (χ3n) is 2.63. The predicted molar refractivity (Wildman–Crippen MR) is 74.7 cm³/mol. The van der Waals surface area contributed by atoms with Crippen molar-refractivity contribution in [3.05, 3.63) is 46.5 Å². The van der Waals surface area contributed by atoms with Crippen molar-refractivity contribution in [1.29, 1.82) is 0 Å². The molecule has 0 spiro atoms. The van der Waals surface area contributed by atoms with Crippen LogP contribution in [-0.4, -0.2) is 15.5 Å². The topological polar surface area (TPSA) is 46.9 Å². The Kier molecular flexibility index (Phi) is 3.81. The number of nitrogens with one attached hydrogen (secondary N) is 1. The molecule has 0 fully saturated rings. The number of anilines is 1. The Labute approximate surface area is 114 Å². The third kappa shape index (κ3) is 2.79. The first-order valence-electron chi connectivity index (χ1n) is 5.68. The average Bonchev–Trinajstić information content (AvgIpc) is 2.78. The first kappa shape index (κ1) is 12.8. The molecule has 0 atom stereocenters. The Morgan fingerprint density at radius 1 is 1.50 bits per heavy atom. The molecule has 1 heterocycles. The van der Waals surface area contributed by atoms with Crippen LogP contribution in [0, 0.1) is 0 Å². The van der Waals surface area contributed by atoms with E-state index in [4.69, 9.17) is 0 Å². The van der Waals surface area contributed by atoms with Gasteiger partial charge in [-0.3, -0.25) is 4.79 Å². The second kappa shape index (κ2) is 5.35. The summed E-state index contributed by atoms with van der Waals surface area (Å²) in [5, 5.41) is 2.88. The first-order chi connectivity index (χ1) is 8.60. The maximum atomic E-state index is 12.0. The van der Waals surface area contributed by atoms with Gasteiger partial charge in [-0.2, -0.15) is 0 Å². The number of nitrogens with zero attached hydrogens (tertiary/aromatic N) is 2. The normalized spacial score (nSPS) is 10.4. The van der Waals surface area contributed by atoms with Crippen LogP contribution >= 0.6 is 15.9 Å². The Balaban J connectivity index is 2.21. The van der Waals surface area contributed by atoms with Crippen molar-refractivity contribution in [2.24, 2.45) is 7.05 Å². The molecule has 1 aromatic carbocycles. The molecule has 1 amide bonds. The number of halogens is 1. The molecule has 1 N–H and O–H groups in total. The van der Waals surface area contributed by atoms with E-state index < -0.39 is 0 Å². The first-order valence-corrected chi connectivity index (χ1v) is 6.47. The Morgan fingerprint density at radius 3 is 2.89 bits per heavy atom. The van der Waals surface area contributed by atoms with Crippen molar-refractivity contribution in [3.63, 3.8) is 0 Å². The lowest BCUT2D eigenvalue weighted by Crippen LogP contribution is -2.13. The maximum Gasteiger partial charge on any atom is 0.275 e. The molecule has 4 nitrogen and oxygen atoms in total. The third-order valence-corrected chi connectivity index (χ3v) is 3.13. The van der Waals surface area contributed by atoms with E-state index in [1.165, 1.54) is 0 Å². The van der Waals surface area contributed by atoms with Crippen LogP contribution in [0.1, 0.15) is 23.0 Å². The summed E-state index contributed by atoms with van der Waals surface area (Å²) in [6.45, 7) is 2.05. The number of hydrogen-bond acceptors (Lipinski definition) is 2. The zero-order valence-corrected chi connectivity index (χ0v) is 11.9. The number of benzene rings is 1. The lowest BCUT2D eigenvalue weighted by molar-refractivity contribution is 0.102. The van der Waals surface area contributed by atoms with Gasteiger partial charge >= 0.3 is 0 Å². The molecule has 0 aliphatic rings. The van der Waals surface area contributed by atoms with Gasteiger partial charge in [0.05, 0.1) is 6.33 Å². The molecular formula is C13H14BrN3O. The summed E-state index contributed by atoms with van der Waals surface area (Å²) >= 11 is 3.42. The number of aromatic nitrogens is 2. The van der Waals surface area contributed by atoms with Gasteiger partial charge in [0.2, 0.25) is 0 Å². The number of amides is 1. The average molecular weight is 308 g/mol. The summed E-state index contributed by atoms with van der Waals surface area (Å²) in [5.74, 6) is -0.187. The quantitative estimate of drug-likeness (QED) is 0.947. The van der Waals surface area contributed by atoms with Crippen molar-refractivity contribution in [3.8, 4) is 0 Å². The minimum atomic E-state index is -0.187. The van der Waals surface area contributed by atoms with Crippen LogP contribution < -0.4 is 5.32 Å². The summed E-state index contributed by atoms with van der Waals surface area (Å²) in [7, 11) is 1.83. The summed E-state index contributed by atoms with van der Waals surface area (Å²) in [6, 6.07) is 5.81. The van der Waals surface area contributed by atoms with Crippen molar-refractivity contribution < 1.29 is 4.79 Å². The zero-order chi connectivity index (χ0) is 13.1. The van der Waals surface area contributed by atoms with Gasteiger partial charge in [-0.25, -0.2) is 4.98 Å². The lowest BCUT2D eigenvalue weighted by atomic mass is 10.1. The fourth-order valence-electron chi connectivity index (χ4n) is 1.69. The van der Waals surface area contributed by atoms with Crippen LogP contribution in [0.5, 0.6) is 0 Å². The number of carbonyl (C=O) groups excluding carboxylic acids is 1. The van der Waals surface area contributed by atoms with Gasteiger partial charge < -0.3 is 9.88 Å². The minimum Gasteiger partial charge on any atom is -0.340 e. The fourth-order valence-corrected chi connectivity index (χ4v) is 2.10. The van der Waals surface area contributed by atoms with E-state index in [0.717, 1.165) is 22.1 Å².